The maximum absolute atomic E-state index is 12.1. The Morgan fingerprint density at radius 1 is 1.27 bits per heavy atom. The van der Waals surface area contributed by atoms with Crippen LogP contribution >= 0.6 is 0 Å². The van der Waals surface area contributed by atoms with E-state index in [4.69, 9.17) is 4.74 Å². The molecule has 1 spiro atoms. The molecule has 2 saturated carbocycles. The summed E-state index contributed by atoms with van der Waals surface area (Å²) in [5, 5.41) is 22.8. The average Bonchev–Trinajstić information content (AvgIpc) is 2.90. The minimum absolute atomic E-state index is 0. The third-order valence-electron chi connectivity index (χ3n) is 8.08. The molecule has 1 aromatic carbocycles. The van der Waals surface area contributed by atoms with Gasteiger partial charge in [-0.1, -0.05) is 12.0 Å². The van der Waals surface area contributed by atoms with Gasteiger partial charge in [0.15, 0.2) is 0 Å². The van der Waals surface area contributed by atoms with Gasteiger partial charge in [-0.15, -0.1) is 11.6 Å². The third kappa shape index (κ3) is 1.95. The Morgan fingerprint density at radius 2 is 2.12 bits per heavy atom. The van der Waals surface area contributed by atoms with Crippen molar-refractivity contribution in [2.45, 2.75) is 74.2 Å². The first kappa shape index (κ1) is 17.7. The third-order valence-corrected chi connectivity index (χ3v) is 8.08. The Kier molecular flexibility index (Phi) is 3.94. The Labute approximate surface area is 169 Å². The topological polar surface area (TPSA) is 52.9 Å². The second kappa shape index (κ2) is 5.80. The summed E-state index contributed by atoms with van der Waals surface area (Å²) in [5.74, 6) is 1.59. The van der Waals surface area contributed by atoms with Gasteiger partial charge in [-0.3, -0.25) is 4.90 Å². The van der Waals surface area contributed by atoms with E-state index in [-0.39, 0.29) is 33.2 Å². The largest absolute Gasteiger partial charge is 0.513 e. The summed E-state index contributed by atoms with van der Waals surface area (Å²) in [6, 6.07) is 7.50. The number of rotatable bonds is 2. The van der Waals surface area contributed by atoms with Crippen LogP contribution in [0.3, 0.4) is 0 Å². The maximum Gasteiger partial charge on any atom is 0.123 e. The normalized spacial score (nSPS) is 43.1. The van der Waals surface area contributed by atoms with Gasteiger partial charge in [0.05, 0.1) is 11.7 Å². The Morgan fingerprint density at radius 3 is 2.88 bits per heavy atom. The molecule has 2 N–H and O–H groups in total. The second-order valence-corrected chi connectivity index (χ2v) is 9.01. The van der Waals surface area contributed by atoms with Crippen LogP contribution in [0.5, 0.6) is 5.75 Å². The van der Waals surface area contributed by atoms with Crippen molar-refractivity contribution in [3.63, 3.8) is 0 Å². The van der Waals surface area contributed by atoms with Crippen molar-refractivity contribution in [1.29, 1.82) is 0 Å². The zero-order chi connectivity index (χ0) is 16.8. The van der Waals surface area contributed by atoms with Crippen molar-refractivity contribution in [1.82, 2.24) is 4.90 Å². The fourth-order valence-corrected chi connectivity index (χ4v) is 6.71. The first-order valence-corrected chi connectivity index (χ1v) is 9.99. The monoisotopic (exact) mass is 438 g/mol. The fraction of sp³-hybridized carbons (Fsp3) is 0.714. The number of hydrogen-bond donors (Lipinski definition) is 2. The van der Waals surface area contributed by atoms with Crippen LogP contribution in [0.15, 0.2) is 12.1 Å². The van der Waals surface area contributed by atoms with Crippen molar-refractivity contribution in [2.24, 2.45) is 5.92 Å². The fourth-order valence-electron chi connectivity index (χ4n) is 6.71. The summed E-state index contributed by atoms with van der Waals surface area (Å²) >= 11 is 0. The molecule has 4 nitrogen and oxygen atoms in total. The number of aliphatic hydroxyl groups excluding tert-OH is 1. The Balaban J connectivity index is 0.00000150. The summed E-state index contributed by atoms with van der Waals surface area (Å²) in [5.41, 5.74) is 1.25. The van der Waals surface area contributed by atoms with E-state index in [0.717, 1.165) is 37.6 Å². The van der Waals surface area contributed by atoms with Crippen molar-refractivity contribution < 1.29 is 36.0 Å². The minimum Gasteiger partial charge on any atom is -0.513 e. The van der Waals surface area contributed by atoms with Crippen LogP contribution < -0.4 is 4.74 Å². The van der Waals surface area contributed by atoms with Gasteiger partial charge in [-0.2, -0.15) is 12.1 Å². The van der Waals surface area contributed by atoms with E-state index in [9.17, 15) is 10.2 Å². The number of ether oxygens (including phenoxy) is 1. The molecule has 6 rings (SSSR count). The molecular weight excluding hydrogens is 410 g/mol. The van der Waals surface area contributed by atoms with E-state index < -0.39 is 17.1 Å². The summed E-state index contributed by atoms with van der Waals surface area (Å²) in [7, 11) is 0. The predicted octanol–water partition coefficient (Wildman–Crippen LogP) is 1.80. The van der Waals surface area contributed by atoms with Crippen molar-refractivity contribution >= 4 is 0 Å². The predicted molar refractivity (Wildman–Crippen MR) is 92.6 cm³/mol. The molecule has 1 aromatic rings. The van der Waals surface area contributed by atoms with Gasteiger partial charge in [0.2, 0.25) is 0 Å². The van der Waals surface area contributed by atoms with Gasteiger partial charge in [-0.25, -0.2) is 0 Å². The van der Waals surface area contributed by atoms with E-state index in [1.807, 2.05) is 6.07 Å². The smallest absolute Gasteiger partial charge is 0.123 e. The number of likely N-dealkylation sites (tertiary alicyclic amines) is 1. The van der Waals surface area contributed by atoms with Gasteiger partial charge >= 0.3 is 0 Å². The average molecular weight is 436 g/mol. The van der Waals surface area contributed by atoms with Crippen molar-refractivity contribution in [3.8, 4) is 5.75 Å². The molecule has 0 aromatic heterocycles. The van der Waals surface area contributed by atoms with Gasteiger partial charge in [0.1, 0.15) is 6.10 Å². The molecule has 5 aliphatic rings. The second-order valence-electron chi connectivity index (χ2n) is 9.01. The minimum atomic E-state index is -0.785. The molecule has 2 bridgehead atoms. The first-order valence-electron chi connectivity index (χ1n) is 9.99. The number of benzene rings is 1. The van der Waals surface area contributed by atoms with Crippen LogP contribution in [0.2, 0.25) is 0 Å². The van der Waals surface area contributed by atoms with Gasteiger partial charge in [0.25, 0.3) is 0 Å². The van der Waals surface area contributed by atoms with Crippen LogP contribution in [0.25, 0.3) is 0 Å². The van der Waals surface area contributed by atoms with Crippen LogP contribution in [0.4, 0.5) is 0 Å². The number of aliphatic hydroxyl groups is 2. The van der Waals surface area contributed by atoms with Gasteiger partial charge in [-0.05, 0) is 51.0 Å². The number of piperidine rings is 1. The van der Waals surface area contributed by atoms with E-state index in [0.29, 0.717) is 12.8 Å². The van der Waals surface area contributed by atoms with Crippen LogP contribution in [-0.2, 0) is 32.9 Å². The molecule has 2 aliphatic heterocycles. The Bertz CT molecular complexity index is 738. The van der Waals surface area contributed by atoms with Crippen molar-refractivity contribution in [2.75, 3.05) is 13.1 Å². The summed E-state index contributed by atoms with van der Waals surface area (Å²) < 4.78 is 6.22. The van der Waals surface area contributed by atoms with E-state index >= 15 is 0 Å². The van der Waals surface area contributed by atoms with Crippen LogP contribution in [0, 0.1) is 12.0 Å². The van der Waals surface area contributed by atoms with Gasteiger partial charge < -0.3 is 14.9 Å². The summed E-state index contributed by atoms with van der Waals surface area (Å²) in [4.78, 5) is 2.57. The molecule has 3 fully saturated rings. The van der Waals surface area contributed by atoms with Crippen LogP contribution in [-0.4, -0.2) is 52.1 Å². The van der Waals surface area contributed by atoms with Gasteiger partial charge in [0, 0.05) is 44.8 Å². The van der Waals surface area contributed by atoms with E-state index in [1.165, 1.54) is 30.4 Å². The molecule has 1 saturated heterocycles. The Hall–Kier alpha value is -0.412. The maximum atomic E-state index is 12.1. The molecule has 5 heteroatoms. The first-order chi connectivity index (χ1) is 12.1. The zero-order valence-electron chi connectivity index (χ0n) is 15.0. The molecule has 26 heavy (non-hydrogen) atoms. The zero-order valence-corrected chi connectivity index (χ0v) is 17.0. The molecular formula is C21H26MoNO3-. The molecule has 0 amide bonds. The van der Waals surface area contributed by atoms with Crippen molar-refractivity contribution in [3.05, 3.63) is 29.3 Å². The SMILES string of the molecule is O[C@H]1CC[C@@]2(O)[C@H]3Cc4cc[c-]c5c4[C@@]2(CCN3CC2CCC2)[C@H]1O5.[Mo]. The molecule has 3 aliphatic carbocycles. The molecule has 140 valence electrons. The summed E-state index contributed by atoms with van der Waals surface area (Å²) in [6.07, 6.45) is 6.31. The van der Waals surface area contributed by atoms with E-state index in [2.05, 4.69) is 17.0 Å². The standard InChI is InChI=1S/C21H26NO3.Mo/c23-15-7-8-21(24)17-11-14-5-2-6-16-18(14)20(21,19(15)25-16)9-10-22(17)12-13-3-1-4-13;/h2,5,13,15,17,19,23-24H,1,3-4,7-12H2;/q-1;/t15-,17+,19-,20-,21+;/m0./s1. The number of hydrogen-bond acceptors (Lipinski definition) is 4. The summed E-state index contributed by atoms with van der Waals surface area (Å²) in [6.45, 7) is 2.13. The molecule has 0 unspecified atom stereocenters. The molecule has 2 heterocycles. The number of nitrogens with zero attached hydrogens (tertiary/aromatic N) is 1. The molecule has 0 radical (unpaired) electrons. The quantitative estimate of drug-likeness (QED) is 0.549. The van der Waals surface area contributed by atoms with Crippen LogP contribution in [0.1, 0.15) is 49.7 Å². The molecule has 5 atom stereocenters. The van der Waals surface area contributed by atoms with E-state index in [1.54, 1.807) is 0 Å².